The second-order valence-corrected chi connectivity index (χ2v) is 4.54. The number of ether oxygens (including phenoxy) is 1. The molecule has 3 heteroatoms. The van der Waals surface area contributed by atoms with Crippen LogP contribution in [-0.4, -0.2) is 32.3 Å². The van der Waals surface area contributed by atoms with E-state index in [-0.39, 0.29) is 0 Å². The largest absolute Gasteiger partial charge is 0.377 e. The minimum absolute atomic E-state index is 0.443. The van der Waals surface area contributed by atoms with Gasteiger partial charge in [0, 0.05) is 13.2 Å². The zero-order valence-electron chi connectivity index (χ0n) is 10.0. The van der Waals surface area contributed by atoms with Crippen molar-refractivity contribution in [3.63, 3.8) is 0 Å². The molecule has 2 unspecified atom stereocenters. The number of nitrogens with two attached hydrogens (primary N) is 1. The molecule has 0 saturated carbocycles. The normalized spacial score (nSPS) is 24.0. The van der Waals surface area contributed by atoms with Gasteiger partial charge < -0.3 is 15.8 Å². The molecule has 90 valence electrons. The maximum atomic E-state index is 5.71. The average Bonchev–Trinajstić information content (AvgIpc) is 2.29. The molecule has 0 aromatic carbocycles. The van der Waals surface area contributed by atoms with Gasteiger partial charge in [-0.2, -0.15) is 0 Å². The van der Waals surface area contributed by atoms with E-state index in [0.717, 1.165) is 26.2 Å². The average molecular weight is 214 g/mol. The minimum Gasteiger partial charge on any atom is -0.377 e. The highest BCUT2D eigenvalue weighted by molar-refractivity contribution is 4.69. The van der Waals surface area contributed by atoms with Crippen molar-refractivity contribution in [3.8, 4) is 0 Å². The number of hydrogen-bond donors (Lipinski definition) is 2. The van der Waals surface area contributed by atoms with E-state index in [1.54, 1.807) is 0 Å². The van der Waals surface area contributed by atoms with Gasteiger partial charge >= 0.3 is 0 Å². The summed E-state index contributed by atoms with van der Waals surface area (Å²) in [6.45, 7) is 6.01. The maximum Gasteiger partial charge on any atom is 0.0699 e. The summed E-state index contributed by atoms with van der Waals surface area (Å²) < 4.78 is 5.66. The third-order valence-corrected chi connectivity index (χ3v) is 3.11. The molecule has 2 atom stereocenters. The molecule has 0 radical (unpaired) electrons. The summed E-state index contributed by atoms with van der Waals surface area (Å²) in [5, 5.41) is 3.49. The van der Waals surface area contributed by atoms with Crippen molar-refractivity contribution < 1.29 is 4.74 Å². The van der Waals surface area contributed by atoms with Crippen molar-refractivity contribution >= 4 is 0 Å². The van der Waals surface area contributed by atoms with E-state index in [1.807, 2.05) is 0 Å². The van der Waals surface area contributed by atoms with Gasteiger partial charge in [0.15, 0.2) is 0 Å². The lowest BCUT2D eigenvalue weighted by atomic mass is 10.0. The predicted molar refractivity (Wildman–Crippen MR) is 63.9 cm³/mol. The zero-order valence-corrected chi connectivity index (χ0v) is 10.0. The van der Waals surface area contributed by atoms with E-state index in [4.69, 9.17) is 10.5 Å². The van der Waals surface area contributed by atoms with E-state index in [0.29, 0.717) is 12.0 Å². The Morgan fingerprint density at radius 2 is 2.33 bits per heavy atom. The first-order valence-electron chi connectivity index (χ1n) is 6.39. The van der Waals surface area contributed by atoms with Crippen LogP contribution in [0.3, 0.4) is 0 Å². The molecule has 0 amide bonds. The van der Waals surface area contributed by atoms with E-state index in [1.165, 1.54) is 32.1 Å². The zero-order chi connectivity index (χ0) is 10.9. The number of hydrogen-bond acceptors (Lipinski definition) is 3. The molecule has 0 bridgehead atoms. The van der Waals surface area contributed by atoms with E-state index in [9.17, 15) is 0 Å². The first kappa shape index (κ1) is 12.9. The third-order valence-electron chi connectivity index (χ3n) is 3.11. The maximum absolute atomic E-state index is 5.71. The van der Waals surface area contributed by atoms with Crippen molar-refractivity contribution in [1.82, 2.24) is 5.32 Å². The second kappa shape index (κ2) is 8.08. The Morgan fingerprint density at radius 3 is 2.93 bits per heavy atom. The summed E-state index contributed by atoms with van der Waals surface area (Å²) >= 11 is 0. The molecule has 3 nitrogen and oxygen atoms in total. The van der Waals surface area contributed by atoms with Gasteiger partial charge in [-0.25, -0.2) is 0 Å². The molecule has 3 N–H and O–H groups in total. The highest BCUT2D eigenvalue weighted by Crippen LogP contribution is 2.11. The highest BCUT2D eigenvalue weighted by atomic mass is 16.5. The van der Waals surface area contributed by atoms with Crippen molar-refractivity contribution in [3.05, 3.63) is 0 Å². The molecular weight excluding hydrogens is 188 g/mol. The van der Waals surface area contributed by atoms with E-state index >= 15 is 0 Å². The lowest BCUT2D eigenvalue weighted by Crippen LogP contribution is -2.36. The summed E-state index contributed by atoms with van der Waals surface area (Å²) in [6.07, 6.45) is 6.67. The van der Waals surface area contributed by atoms with Crippen molar-refractivity contribution in [2.24, 2.45) is 11.7 Å². The fourth-order valence-electron chi connectivity index (χ4n) is 2.13. The van der Waals surface area contributed by atoms with Crippen LogP contribution in [0.1, 0.15) is 39.0 Å². The lowest BCUT2D eigenvalue weighted by Gasteiger charge is -2.24. The van der Waals surface area contributed by atoms with Crippen molar-refractivity contribution in [2.75, 3.05) is 26.2 Å². The molecule has 15 heavy (non-hydrogen) atoms. The molecule has 1 fully saturated rings. The summed E-state index contributed by atoms with van der Waals surface area (Å²) in [4.78, 5) is 0. The van der Waals surface area contributed by atoms with E-state index < -0.39 is 0 Å². The fraction of sp³-hybridized carbons (Fsp3) is 1.00. The van der Waals surface area contributed by atoms with Gasteiger partial charge in [0.1, 0.15) is 0 Å². The Labute approximate surface area is 93.8 Å². The first-order valence-corrected chi connectivity index (χ1v) is 6.39. The van der Waals surface area contributed by atoms with Crippen LogP contribution in [-0.2, 0) is 4.74 Å². The van der Waals surface area contributed by atoms with Crippen LogP contribution in [0.25, 0.3) is 0 Å². The summed E-state index contributed by atoms with van der Waals surface area (Å²) in [5.41, 5.74) is 5.71. The minimum atomic E-state index is 0.443. The molecule has 1 rings (SSSR count). The molecule has 1 saturated heterocycles. The summed E-state index contributed by atoms with van der Waals surface area (Å²) in [7, 11) is 0. The second-order valence-electron chi connectivity index (χ2n) is 4.54. The Hall–Kier alpha value is -0.120. The third kappa shape index (κ3) is 5.50. The lowest BCUT2D eigenvalue weighted by molar-refractivity contribution is 0.0165. The van der Waals surface area contributed by atoms with Crippen LogP contribution in [0.15, 0.2) is 0 Å². The first-order chi connectivity index (χ1) is 7.36. The van der Waals surface area contributed by atoms with Gasteiger partial charge in [-0.3, -0.25) is 0 Å². The molecule has 1 aliphatic heterocycles. The van der Waals surface area contributed by atoms with Crippen LogP contribution in [0.2, 0.25) is 0 Å². The van der Waals surface area contributed by atoms with Crippen LogP contribution < -0.4 is 11.1 Å². The standard InChI is InChI=1S/C12H26N2O/c1-2-5-11(8-13)9-14-10-12-6-3-4-7-15-12/h11-12,14H,2-10,13H2,1H3. The van der Waals surface area contributed by atoms with Crippen molar-refractivity contribution in [2.45, 2.75) is 45.1 Å². The topological polar surface area (TPSA) is 47.3 Å². The number of rotatable bonds is 7. The molecule has 0 aromatic heterocycles. The molecule has 1 heterocycles. The monoisotopic (exact) mass is 214 g/mol. The predicted octanol–water partition coefficient (Wildman–Crippen LogP) is 1.52. The molecule has 1 aliphatic rings. The van der Waals surface area contributed by atoms with Crippen LogP contribution >= 0.6 is 0 Å². The molecule has 0 spiro atoms. The Bertz CT molecular complexity index is 142. The van der Waals surface area contributed by atoms with Gasteiger partial charge in [0.2, 0.25) is 0 Å². The summed E-state index contributed by atoms with van der Waals surface area (Å²) in [5.74, 6) is 0.638. The quantitative estimate of drug-likeness (QED) is 0.675. The Balaban J connectivity index is 2.03. The number of nitrogens with one attached hydrogen (secondary N) is 1. The Morgan fingerprint density at radius 1 is 1.47 bits per heavy atom. The van der Waals surface area contributed by atoms with Crippen LogP contribution in [0, 0.1) is 5.92 Å². The van der Waals surface area contributed by atoms with Gasteiger partial charge in [0.25, 0.3) is 0 Å². The van der Waals surface area contributed by atoms with Gasteiger partial charge in [-0.15, -0.1) is 0 Å². The SMILES string of the molecule is CCCC(CN)CNCC1CCCCO1. The molecule has 0 aromatic rings. The molecule has 0 aliphatic carbocycles. The van der Waals surface area contributed by atoms with Crippen LogP contribution in [0.5, 0.6) is 0 Å². The smallest absolute Gasteiger partial charge is 0.0699 e. The van der Waals surface area contributed by atoms with Gasteiger partial charge in [-0.1, -0.05) is 13.3 Å². The Kier molecular flexibility index (Phi) is 6.98. The van der Waals surface area contributed by atoms with Crippen molar-refractivity contribution in [1.29, 1.82) is 0 Å². The van der Waals surface area contributed by atoms with Gasteiger partial charge in [0.05, 0.1) is 6.10 Å². The van der Waals surface area contributed by atoms with Crippen LogP contribution in [0.4, 0.5) is 0 Å². The highest BCUT2D eigenvalue weighted by Gasteiger charge is 2.13. The summed E-state index contributed by atoms with van der Waals surface area (Å²) in [6, 6.07) is 0. The fourth-order valence-corrected chi connectivity index (χ4v) is 2.13. The van der Waals surface area contributed by atoms with Gasteiger partial charge in [-0.05, 0) is 44.7 Å². The van der Waals surface area contributed by atoms with E-state index in [2.05, 4.69) is 12.2 Å². The molecular formula is C12H26N2O.